The average molecular weight is 431 g/mol. The molecule has 7 heteroatoms. The summed E-state index contributed by atoms with van der Waals surface area (Å²) in [6.07, 6.45) is 9.55. The lowest BCUT2D eigenvalue weighted by atomic mass is 10.1. The molecule has 3 N–H and O–H groups in total. The Bertz CT molecular complexity index is 769. The summed E-state index contributed by atoms with van der Waals surface area (Å²) in [7, 11) is 0. The van der Waals surface area contributed by atoms with Crippen LogP contribution in [-0.2, 0) is 14.4 Å². The zero-order valence-electron chi connectivity index (χ0n) is 18.5. The van der Waals surface area contributed by atoms with E-state index in [1.807, 2.05) is 0 Å². The predicted molar refractivity (Wildman–Crippen MR) is 121 cm³/mol. The van der Waals surface area contributed by atoms with Gasteiger partial charge in [0.2, 0.25) is 5.91 Å². The molecule has 31 heavy (non-hydrogen) atoms. The van der Waals surface area contributed by atoms with E-state index >= 15 is 0 Å². The van der Waals surface area contributed by atoms with Gasteiger partial charge in [0.25, 0.3) is 5.91 Å². The fourth-order valence-electron chi connectivity index (χ4n) is 3.00. The van der Waals surface area contributed by atoms with Gasteiger partial charge in [0.1, 0.15) is 0 Å². The van der Waals surface area contributed by atoms with E-state index in [0.29, 0.717) is 23.4 Å². The molecule has 0 saturated heterocycles. The van der Waals surface area contributed by atoms with Gasteiger partial charge in [-0.25, -0.2) is 0 Å². The van der Waals surface area contributed by atoms with Crippen molar-refractivity contribution >= 4 is 29.3 Å². The van der Waals surface area contributed by atoms with Gasteiger partial charge in [-0.05, 0) is 51.0 Å². The summed E-state index contributed by atoms with van der Waals surface area (Å²) in [5.74, 6) is -1.43. The molecule has 0 spiro atoms. The van der Waals surface area contributed by atoms with Crippen molar-refractivity contribution in [1.82, 2.24) is 5.32 Å². The normalized spacial score (nSPS) is 11.1. The van der Waals surface area contributed by atoms with Gasteiger partial charge < -0.3 is 15.7 Å². The molecule has 1 aromatic rings. The van der Waals surface area contributed by atoms with Crippen LogP contribution >= 0.6 is 0 Å². The minimum atomic E-state index is -0.729. The average Bonchev–Trinajstić information content (AvgIpc) is 2.72. The molecule has 0 radical (unpaired) electrons. The van der Waals surface area contributed by atoms with Gasteiger partial charge in [-0.3, -0.25) is 19.2 Å². The predicted octanol–water partition coefficient (Wildman–Crippen LogP) is 4.49. The van der Waals surface area contributed by atoms with Crippen LogP contribution in [0.1, 0.15) is 82.0 Å². The Morgan fingerprint density at radius 3 is 1.94 bits per heavy atom. The topological polar surface area (TPSA) is 113 Å². The highest BCUT2D eigenvalue weighted by Gasteiger charge is 2.08. The Morgan fingerprint density at radius 1 is 0.839 bits per heavy atom. The molecule has 7 nitrogen and oxygen atoms in total. The maximum absolute atomic E-state index is 12.2. The van der Waals surface area contributed by atoms with Gasteiger partial charge in [-0.1, -0.05) is 38.5 Å². The maximum Gasteiger partial charge on any atom is 0.303 e. The minimum Gasteiger partial charge on any atom is -0.481 e. The van der Waals surface area contributed by atoms with Crippen LogP contribution in [0.15, 0.2) is 35.9 Å². The van der Waals surface area contributed by atoms with Gasteiger partial charge in [0, 0.05) is 35.9 Å². The molecular formula is C24H34N2O5. The van der Waals surface area contributed by atoms with E-state index in [0.717, 1.165) is 51.4 Å². The number of ketones is 1. The number of carbonyl (C=O) groups is 4. The fraction of sp³-hybridized carbons (Fsp3) is 0.500. The third-order valence-electron chi connectivity index (χ3n) is 4.87. The van der Waals surface area contributed by atoms with E-state index in [-0.39, 0.29) is 24.0 Å². The zero-order chi connectivity index (χ0) is 23.1. The largest absolute Gasteiger partial charge is 0.481 e. The van der Waals surface area contributed by atoms with Gasteiger partial charge >= 0.3 is 5.97 Å². The molecule has 2 amide bonds. The van der Waals surface area contributed by atoms with Crippen LogP contribution < -0.4 is 10.6 Å². The Hall–Kier alpha value is -2.96. The summed E-state index contributed by atoms with van der Waals surface area (Å²) in [6.45, 7) is 3.62. The number of carbonyl (C=O) groups excluding carboxylic acids is 3. The van der Waals surface area contributed by atoms with E-state index in [1.54, 1.807) is 31.2 Å². The molecule has 1 rings (SSSR count). The summed E-state index contributed by atoms with van der Waals surface area (Å²) >= 11 is 0. The molecule has 0 fully saturated rings. The number of carboxylic acids is 1. The number of Topliss-reactive ketones (excluding diaryl/α,β-unsaturated/α-hetero) is 1. The van der Waals surface area contributed by atoms with Gasteiger partial charge in [-0.2, -0.15) is 0 Å². The number of rotatable bonds is 15. The first-order chi connectivity index (χ1) is 14.8. The van der Waals surface area contributed by atoms with Gasteiger partial charge in [0.15, 0.2) is 5.78 Å². The third-order valence-corrected chi connectivity index (χ3v) is 4.87. The molecule has 0 aromatic heterocycles. The van der Waals surface area contributed by atoms with Crippen LogP contribution in [0.5, 0.6) is 0 Å². The summed E-state index contributed by atoms with van der Waals surface area (Å²) in [5.41, 5.74) is 1.43. The van der Waals surface area contributed by atoms with Crippen LogP contribution in [0.3, 0.4) is 0 Å². The number of amides is 2. The van der Waals surface area contributed by atoms with E-state index < -0.39 is 5.97 Å². The lowest BCUT2D eigenvalue weighted by Crippen LogP contribution is -2.24. The number of anilines is 1. The molecule has 0 aliphatic rings. The van der Waals surface area contributed by atoms with Crippen molar-refractivity contribution in [3.8, 4) is 0 Å². The van der Waals surface area contributed by atoms with Gasteiger partial charge in [0.05, 0.1) is 0 Å². The number of hydrogen-bond donors (Lipinski definition) is 3. The van der Waals surface area contributed by atoms with Crippen molar-refractivity contribution < 1.29 is 24.3 Å². The van der Waals surface area contributed by atoms with E-state index in [1.165, 1.54) is 13.0 Å². The molecule has 0 aliphatic carbocycles. The quantitative estimate of drug-likeness (QED) is 0.216. The highest BCUT2D eigenvalue weighted by atomic mass is 16.4. The summed E-state index contributed by atoms with van der Waals surface area (Å²) < 4.78 is 0. The van der Waals surface area contributed by atoms with Crippen molar-refractivity contribution in [3.63, 3.8) is 0 Å². The number of carboxylic acid groups (broad SMARTS) is 1. The third kappa shape index (κ3) is 12.4. The Labute approximate surface area is 184 Å². The minimum absolute atomic E-state index is 0.0430. The van der Waals surface area contributed by atoms with Crippen molar-refractivity contribution in [3.05, 3.63) is 41.5 Å². The molecule has 0 atom stereocenters. The van der Waals surface area contributed by atoms with Crippen LogP contribution in [0.25, 0.3) is 0 Å². The number of nitrogens with one attached hydrogen (secondary N) is 2. The first-order valence-corrected chi connectivity index (χ1v) is 10.9. The van der Waals surface area contributed by atoms with Crippen molar-refractivity contribution in [2.45, 2.75) is 71.6 Å². The Balaban J connectivity index is 2.16. The Kier molecular flexibility index (Phi) is 12.6. The number of hydrogen-bond acceptors (Lipinski definition) is 4. The second-order valence-corrected chi connectivity index (χ2v) is 7.68. The second kappa shape index (κ2) is 14.9. The van der Waals surface area contributed by atoms with Crippen LogP contribution in [0, 0.1) is 0 Å². The molecule has 0 bridgehead atoms. The molecule has 0 unspecified atom stereocenters. The van der Waals surface area contributed by atoms with Crippen LogP contribution in [0.4, 0.5) is 5.69 Å². The zero-order valence-corrected chi connectivity index (χ0v) is 18.5. The lowest BCUT2D eigenvalue weighted by Gasteiger charge is -2.07. The monoisotopic (exact) mass is 430 g/mol. The number of benzene rings is 1. The Morgan fingerprint density at radius 2 is 1.39 bits per heavy atom. The summed E-state index contributed by atoms with van der Waals surface area (Å²) in [6, 6.07) is 6.59. The highest BCUT2D eigenvalue weighted by molar-refractivity contribution is 6.07. The first kappa shape index (κ1) is 26.1. The second-order valence-electron chi connectivity index (χ2n) is 7.68. The summed E-state index contributed by atoms with van der Waals surface area (Å²) in [4.78, 5) is 45.8. The van der Waals surface area contributed by atoms with Gasteiger partial charge in [-0.15, -0.1) is 0 Å². The molecule has 0 saturated carbocycles. The SMILES string of the molecule is CC(=O)c1ccc(NC(=O)/C(C)=C\C(=O)NCCCCCCCCCCC(=O)O)cc1. The van der Waals surface area contributed by atoms with Crippen molar-refractivity contribution in [2.24, 2.45) is 0 Å². The lowest BCUT2D eigenvalue weighted by molar-refractivity contribution is -0.137. The molecule has 0 aliphatic heterocycles. The van der Waals surface area contributed by atoms with E-state index in [4.69, 9.17) is 5.11 Å². The highest BCUT2D eigenvalue weighted by Crippen LogP contribution is 2.12. The van der Waals surface area contributed by atoms with E-state index in [2.05, 4.69) is 10.6 Å². The molecule has 1 aromatic carbocycles. The fourth-order valence-corrected chi connectivity index (χ4v) is 3.00. The van der Waals surface area contributed by atoms with Crippen molar-refractivity contribution in [1.29, 1.82) is 0 Å². The summed E-state index contributed by atoms with van der Waals surface area (Å²) in [5, 5.41) is 14.1. The van der Waals surface area contributed by atoms with Crippen LogP contribution in [0.2, 0.25) is 0 Å². The smallest absolute Gasteiger partial charge is 0.303 e. The number of unbranched alkanes of at least 4 members (excludes halogenated alkanes) is 7. The van der Waals surface area contributed by atoms with Crippen molar-refractivity contribution in [2.75, 3.05) is 11.9 Å². The standard InChI is InChI=1S/C24H34N2O5/c1-18(24(31)26-21-14-12-20(13-15-21)19(2)27)17-22(28)25-16-10-8-6-4-3-5-7-9-11-23(29)30/h12-15,17H,3-11,16H2,1-2H3,(H,25,28)(H,26,31)(H,29,30)/b18-17-. The van der Waals surface area contributed by atoms with E-state index in [9.17, 15) is 19.2 Å². The first-order valence-electron chi connectivity index (χ1n) is 10.9. The molecule has 0 heterocycles. The van der Waals surface area contributed by atoms with Crippen LogP contribution in [-0.4, -0.2) is 35.2 Å². The maximum atomic E-state index is 12.2. The molecule has 170 valence electrons. The number of aliphatic carboxylic acids is 1. The molecular weight excluding hydrogens is 396 g/mol.